The number of aromatic carboxylic acids is 1. The molecule has 7 heteroatoms. The van der Waals surface area contributed by atoms with E-state index in [4.69, 9.17) is 0 Å². The van der Waals surface area contributed by atoms with Crippen molar-refractivity contribution >= 4 is 22.4 Å². The molecule has 0 spiro atoms. The van der Waals surface area contributed by atoms with E-state index < -0.39 is 5.97 Å². The smallest absolute Gasteiger partial charge is 0.347 e. The molecule has 1 N–H and O–H groups in total. The van der Waals surface area contributed by atoms with Gasteiger partial charge in [0.1, 0.15) is 10.7 Å². The third kappa shape index (κ3) is 2.53. The van der Waals surface area contributed by atoms with Crippen molar-refractivity contribution in [1.82, 2.24) is 14.5 Å². The van der Waals surface area contributed by atoms with Crippen LogP contribution in [0.3, 0.4) is 0 Å². The molecule has 3 heterocycles. The summed E-state index contributed by atoms with van der Waals surface area (Å²) in [6, 6.07) is 0. The van der Waals surface area contributed by atoms with Crippen molar-refractivity contribution in [2.24, 2.45) is 0 Å². The lowest BCUT2D eigenvalue weighted by molar-refractivity contribution is 0.0700. The summed E-state index contributed by atoms with van der Waals surface area (Å²) in [5, 5.41) is 10.2. The number of hydrogen-bond donors (Lipinski definition) is 1. The first-order chi connectivity index (χ1) is 10.1. The Labute approximate surface area is 127 Å². The van der Waals surface area contributed by atoms with E-state index in [1.807, 2.05) is 20.0 Å². The second-order valence-corrected chi connectivity index (χ2v) is 6.26. The van der Waals surface area contributed by atoms with Crippen LogP contribution in [0.2, 0.25) is 0 Å². The molecule has 0 radical (unpaired) electrons. The third-order valence-electron chi connectivity index (χ3n) is 3.93. The molecule has 3 rings (SSSR count). The number of carboxylic acid groups (broad SMARTS) is 1. The fraction of sp³-hybridized carbons (Fsp3) is 0.500. The van der Waals surface area contributed by atoms with Crippen molar-refractivity contribution in [3.8, 4) is 0 Å². The van der Waals surface area contributed by atoms with Gasteiger partial charge in [-0.15, -0.1) is 0 Å². The molecule has 2 aromatic rings. The lowest BCUT2D eigenvalue weighted by Gasteiger charge is -2.27. The molecular formula is C14H18N4O2S. The van der Waals surface area contributed by atoms with Gasteiger partial charge in [-0.2, -0.15) is 0 Å². The molecule has 6 nitrogen and oxygen atoms in total. The maximum absolute atomic E-state index is 11.4. The van der Waals surface area contributed by atoms with E-state index in [1.54, 1.807) is 6.20 Å². The second kappa shape index (κ2) is 5.48. The van der Waals surface area contributed by atoms with Gasteiger partial charge in [-0.1, -0.05) is 25.2 Å². The molecule has 0 saturated heterocycles. The molecule has 0 amide bonds. The zero-order valence-corrected chi connectivity index (χ0v) is 12.9. The number of carbonyl (C=O) groups is 1. The van der Waals surface area contributed by atoms with Gasteiger partial charge in [-0.25, -0.2) is 14.8 Å². The fourth-order valence-electron chi connectivity index (χ4n) is 2.47. The Morgan fingerprint density at radius 1 is 1.52 bits per heavy atom. The van der Waals surface area contributed by atoms with Gasteiger partial charge >= 0.3 is 5.97 Å². The maximum Gasteiger partial charge on any atom is 0.347 e. The van der Waals surface area contributed by atoms with Crippen LogP contribution < -0.4 is 4.90 Å². The Hall–Kier alpha value is -1.89. The molecule has 1 atom stereocenters. The van der Waals surface area contributed by atoms with Crippen molar-refractivity contribution in [2.45, 2.75) is 39.3 Å². The van der Waals surface area contributed by atoms with Crippen molar-refractivity contribution in [3.05, 3.63) is 28.8 Å². The van der Waals surface area contributed by atoms with E-state index in [9.17, 15) is 9.90 Å². The summed E-state index contributed by atoms with van der Waals surface area (Å²) in [5.74, 6) is 0.277. The Morgan fingerprint density at radius 3 is 3.05 bits per heavy atom. The minimum absolute atomic E-state index is 0.160. The van der Waals surface area contributed by atoms with E-state index in [0.29, 0.717) is 17.1 Å². The zero-order valence-electron chi connectivity index (χ0n) is 12.1. The van der Waals surface area contributed by atoms with Gasteiger partial charge < -0.3 is 14.6 Å². The predicted molar refractivity (Wildman–Crippen MR) is 81.1 cm³/mol. The Morgan fingerprint density at radius 2 is 2.33 bits per heavy atom. The average molecular weight is 306 g/mol. The summed E-state index contributed by atoms with van der Waals surface area (Å²) < 4.78 is 2.12. The van der Waals surface area contributed by atoms with Crippen molar-refractivity contribution in [1.29, 1.82) is 0 Å². The van der Waals surface area contributed by atoms with Gasteiger partial charge in [-0.05, 0) is 12.3 Å². The zero-order chi connectivity index (χ0) is 15.0. The Balaban J connectivity index is 1.91. The Bertz CT molecular complexity index is 664. The van der Waals surface area contributed by atoms with E-state index in [1.165, 1.54) is 11.3 Å². The number of nitrogens with zero attached hydrogens (tertiary/aromatic N) is 4. The van der Waals surface area contributed by atoms with Gasteiger partial charge in [0.05, 0.1) is 12.2 Å². The minimum atomic E-state index is -0.882. The summed E-state index contributed by atoms with van der Waals surface area (Å²) in [6.07, 6.45) is 4.66. The second-order valence-electron chi connectivity index (χ2n) is 5.28. The molecule has 0 saturated carbocycles. The summed E-state index contributed by atoms with van der Waals surface area (Å²) in [4.78, 5) is 22.9. The van der Waals surface area contributed by atoms with Gasteiger partial charge in [0.2, 0.25) is 0 Å². The van der Waals surface area contributed by atoms with Crippen LogP contribution in [0, 0.1) is 0 Å². The molecule has 0 fully saturated rings. The predicted octanol–water partition coefficient (Wildman–Crippen LogP) is 2.57. The molecule has 0 bridgehead atoms. The van der Waals surface area contributed by atoms with Gasteiger partial charge in [-0.3, -0.25) is 0 Å². The molecule has 112 valence electrons. The van der Waals surface area contributed by atoms with Crippen LogP contribution in [-0.4, -0.2) is 32.2 Å². The topological polar surface area (TPSA) is 71.2 Å². The van der Waals surface area contributed by atoms with Crippen LogP contribution in [0.1, 0.15) is 47.4 Å². The van der Waals surface area contributed by atoms with E-state index in [0.717, 1.165) is 30.5 Å². The molecule has 0 aliphatic carbocycles. The molecule has 21 heavy (non-hydrogen) atoms. The number of rotatable bonds is 4. The lowest BCUT2D eigenvalue weighted by atomic mass is 10.0. The van der Waals surface area contributed by atoms with E-state index in [-0.39, 0.29) is 5.92 Å². The number of fused-ring (bicyclic) bond motifs is 1. The SMILES string of the molecule is CCC(C)c1nc(N2CCn3ccnc3C2)sc1C(=O)O. The first-order valence-electron chi connectivity index (χ1n) is 7.09. The summed E-state index contributed by atoms with van der Waals surface area (Å²) in [5.41, 5.74) is 0.707. The summed E-state index contributed by atoms with van der Waals surface area (Å²) >= 11 is 1.27. The third-order valence-corrected chi connectivity index (χ3v) is 5.05. The fourth-order valence-corrected chi connectivity index (χ4v) is 3.52. The monoisotopic (exact) mass is 306 g/mol. The molecule has 1 aliphatic rings. The van der Waals surface area contributed by atoms with Crippen molar-refractivity contribution in [3.63, 3.8) is 0 Å². The molecule has 0 aromatic carbocycles. The van der Waals surface area contributed by atoms with Crippen molar-refractivity contribution < 1.29 is 9.90 Å². The van der Waals surface area contributed by atoms with Gasteiger partial charge in [0.25, 0.3) is 0 Å². The van der Waals surface area contributed by atoms with E-state index >= 15 is 0 Å². The van der Waals surface area contributed by atoms with Crippen LogP contribution in [0.15, 0.2) is 12.4 Å². The van der Waals surface area contributed by atoms with Crippen LogP contribution in [0.5, 0.6) is 0 Å². The highest BCUT2D eigenvalue weighted by molar-refractivity contribution is 7.17. The standard InChI is InChI=1S/C14H18N4O2S/c1-3-9(2)11-12(13(19)20)21-14(16-11)18-7-6-17-5-4-15-10(17)8-18/h4-5,9H,3,6-8H2,1-2H3,(H,19,20). The van der Waals surface area contributed by atoms with E-state index in [2.05, 4.69) is 19.4 Å². The average Bonchev–Trinajstić information content (AvgIpc) is 3.11. The normalized spacial score (nSPS) is 15.8. The van der Waals surface area contributed by atoms with Crippen LogP contribution in [0.25, 0.3) is 0 Å². The summed E-state index contributed by atoms with van der Waals surface area (Å²) in [7, 11) is 0. The largest absolute Gasteiger partial charge is 0.477 e. The highest BCUT2D eigenvalue weighted by Crippen LogP contribution is 2.33. The van der Waals surface area contributed by atoms with Crippen LogP contribution >= 0.6 is 11.3 Å². The molecule has 1 unspecified atom stereocenters. The van der Waals surface area contributed by atoms with Crippen LogP contribution in [0.4, 0.5) is 5.13 Å². The van der Waals surface area contributed by atoms with Gasteiger partial charge in [0, 0.05) is 25.5 Å². The number of hydrogen-bond acceptors (Lipinski definition) is 5. The highest BCUT2D eigenvalue weighted by Gasteiger charge is 2.25. The number of imidazole rings is 1. The quantitative estimate of drug-likeness (QED) is 0.940. The molecule has 2 aromatic heterocycles. The molecular weight excluding hydrogens is 288 g/mol. The Kier molecular flexibility index (Phi) is 3.67. The summed E-state index contributed by atoms with van der Waals surface area (Å²) in [6.45, 7) is 6.44. The number of anilines is 1. The minimum Gasteiger partial charge on any atom is -0.477 e. The number of thiazole rings is 1. The first kappa shape index (κ1) is 14.1. The van der Waals surface area contributed by atoms with Crippen LogP contribution in [-0.2, 0) is 13.1 Å². The lowest BCUT2D eigenvalue weighted by Crippen LogP contribution is -2.33. The highest BCUT2D eigenvalue weighted by atomic mass is 32.1. The van der Waals surface area contributed by atoms with Crippen molar-refractivity contribution in [2.75, 3.05) is 11.4 Å². The maximum atomic E-state index is 11.4. The van der Waals surface area contributed by atoms with Gasteiger partial charge in [0.15, 0.2) is 5.13 Å². The number of aromatic nitrogens is 3. The molecule has 1 aliphatic heterocycles. The number of carboxylic acids is 1. The first-order valence-corrected chi connectivity index (χ1v) is 7.90.